The van der Waals surface area contributed by atoms with Crippen molar-refractivity contribution in [3.8, 4) is 0 Å². The van der Waals surface area contributed by atoms with Gasteiger partial charge in [0.05, 0.1) is 0 Å². The number of hydrogen-bond donors (Lipinski definition) is 0. The molecule has 0 heterocycles. The van der Waals surface area contributed by atoms with Crippen LogP contribution < -0.4 is 0 Å². The van der Waals surface area contributed by atoms with Crippen LogP contribution in [-0.4, -0.2) is 6.69 Å². The molecule has 0 radical (unpaired) electrons. The van der Waals surface area contributed by atoms with E-state index in [0.717, 1.165) is 0 Å². The van der Waals surface area contributed by atoms with E-state index in [1.54, 1.807) is 0 Å². The molecule has 4 aromatic carbocycles. The molecule has 0 aliphatic carbocycles. The molecule has 0 unspecified atom stereocenters. The number of benzene rings is 2. The third-order valence-electron chi connectivity index (χ3n) is 4.58. The maximum absolute atomic E-state index is 5.43. The third-order valence-corrected chi connectivity index (χ3v) is 4.58. The molecule has 0 nitrogen and oxygen atoms in total. The van der Waals surface area contributed by atoms with Crippen molar-refractivity contribution in [2.75, 3.05) is 0 Å². The fourth-order valence-corrected chi connectivity index (χ4v) is 3.40. The Morgan fingerprint density at radius 2 is 1.03 bits per heavy atom. The first-order chi connectivity index (χ1) is 13.8. The van der Waals surface area contributed by atoms with Gasteiger partial charge in [0.1, 0.15) is 0 Å². The molecule has 0 spiro atoms. The van der Waals surface area contributed by atoms with E-state index in [2.05, 4.69) is 86.6 Å². The zero-order chi connectivity index (χ0) is 21.3. The fourth-order valence-electron chi connectivity index (χ4n) is 3.40. The van der Waals surface area contributed by atoms with Gasteiger partial charge in [-0.15, -0.1) is 104 Å². The van der Waals surface area contributed by atoms with Gasteiger partial charge >= 0.3 is 26.2 Å². The molecule has 0 aliphatic rings. The number of aryl methyl sites for hydroxylation is 2. The first kappa shape index (κ1) is 27.4. The van der Waals surface area contributed by atoms with Gasteiger partial charge in [-0.2, -0.15) is 11.1 Å². The molecular weight excluding hydrogens is 503 g/mol. The Labute approximate surface area is 211 Å². The summed E-state index contributed by atoms with van der Waals surface area (Å²) >= 11 is 10.9. The van der Waals surface area contributed by atoms with Gasteiger partial charge < -0.3 is 0 Å². The minimum absolute atomic E-state index is 0. The molecule has 0 atom stereocenters. The zero-order valence-electron chi connectivity index (χ0n) is 18.5. The number of hydrogen-bond acceptors (Lipinski definition) is 0. The van der Waals surface area contributed by atoms with Gasteiger partial charge in [0.25, 0.3) is 0 Å². The van der Waals surface area contributed by atoms with Crippen LogP contribution in [0.5, 0.6) is 0 Å². The molecule has 158 valence electrons. The Kier molecular flexibility index (Phi) is 12.5. The van der Waals surface area contributed by atoms with E-state index in [0.29, 0.717) is 0 Å². The second kappa shape index (κ2) is 13.7. The van der Waals surface area contributed by atoms with E-state index < -0.39 is 6.69 Å². The molecule has 0 fully saturated rings. The minimum atomic E-state index is -1.67. The monoisotopic (exact) mass is 532 g/mol. The second-order valence-electron chi connectivity index (χ2n) is 7.72. The van der Waals surface area contributed by atoms with Crippen molar-refractivity contribution < 1.29 is 26.2 Å². The molecule has 0 aliphatic heterocycles. The van der Waals surface area contributed by atoms with Crippen LogP contribution in [0.1, 0.15) is 37.8 Å². The molecule has 0 N–H and O–H groups in total. The van der Waals surface area contributed by atoms with Gasteiger partial charge in [-0.3, -0.25) is 0 Å². The van der Waals surface area contributed by atoms with Crippen molar-refractivity contribution in [2.24, 2.45) is 0 Å². The average Bonchev–Trinajstić information content (AvgIpc) is 3.27. The molecule has 0 bridgehead atoms. The molecule has 4 heteroatoms. The van der Waals surface area contributed by atoms with Crippen molar-refractivity contribution >= 4 is 50.4 Å². The Hall–Kier alpha value is -0.660. The first-order valence-electron chi connectivity index (χ1n) is 10.5. The third kappa shape index (κ3) is 9.23. The van der Waals surface area contributed by atoms with Crippen LogP contribution in [0.4, 0.5) is 0 Å². The van der Waals surface area contributed by atoms with Crippen molar-refractivity contribution in [1.82, 2.24) is 0 Å². The van der Waals surface area contributed by atoms with Gasteiger partial charge in [0.15, 0.2) is 0 Å². The predicted octanol–water partition coefficient (Wildman–Crippen LogP) is 9.19. The smallest absolute Gasteiger partial charge is 0.153 e. The Morgan fingerprint density at radius 1 is 0.700 bits per heavy atom. The topological polar surface area (TPSA) is 0 Å². The summed E-state index contributed by atoms with van der Waals surface area (Å²) in [5, 5.41) is 5.61. The van der Waals surface area contributed by atoms with Gasteiger partial charge in [-0.05, 0) is 13.1 Å². The molecule has 0 aromatic heterocycles. The van der Waals surface area contributed by atoms with E-state index in [4.69, 9.17) is 22.2 Å². The van der Waals surface area contributed by atoms with E-state index in [1.807, 2.05) is 13.1 Å². The standard InChI is InChI=1S/2C12H13.C2H6Cl2Si.Zr/c2*1-2-5-10-8-9-11-6-3-4-7-12(10)11;1-5(2,3)4;/h2*3-4,6-9H,2,5H2,1H3;1-2H3;/q2*-1;;+2. The van der Waals surface area contributed by atoms with Crippen LogP contribution in [-0.2, 0) is 39.0 Å². The Balaban J connectivity index is 0.000000241. The van der Waals surface area contributed by atoms with Crippen LogP contribution in [0.3, 0.4) is 0 Å². The molecule has 0 amide bonds. The quantitative estimate of drug-likeness (QED) is 0.139. The van der Waals surface area contributed by atoms with E-state index in [-0.39, 0.29) is 26.2 Å². The predicted molar refractivity (Wildman–Crippen MR) is 136 cm³/mol. The van der Waals surface area contributed by atoms with Crippen molar-refractivity contribution in [3.05, 3.63) is 83.9 Å². The van der Waals surface area contributed by atoms with Crippen molar-refractivity contribution in [2.45, 2.75) is 52.6 Å². The van der Waals surface area contributed by atoms with Crippen LogP contribution in [0, 0.1) is 0 Å². The van der Waals surface area contributed by atoms with Crippen LogP contribution in [0.15, 0.2) is 72.8 Å². The summed E-state index contributed by atoms with van der Waals surface area (Å²) in [4.78, 5) is 0. The second-order valence-corrected chi connectivity index (χ2v) is 16.6. The van der Waals surface area contributed by atoms with Crippen molar-refractivity contribution in [1.29, 1.82) is 0 Å². The van der Waals surface area contributed by atoms with E-state index >= 15 is 0 Å². The van der Waals surface area contributed by atoms with Crippen LogP contribution in [0.2, 0.25) is 13.1 Å². The molecule has 0 saturated carbocycles. The van der Waals surface area contributed by atoms with E-state index in [1.165, 1.54) is 58.4 Å². The Morgan fingerprint density at radius 3 is 1.37 bits per heavy atom. The van der Waals surface area contributed by atoms with Gasteiger partial charge in [-0.1, -0.05) is 51.7 Å². The maximum atomic E-state index is 5.43. The fraction of sp³-hybridized carbons (Fsp3) is 0.308. The summed E-state index contributed by atoms with van der Waals surface area (Å²) in [5.41, 5.74) is 2.99. The van der Waals surface area contributed by atoms with Gasteiger partial charge in [0, 0.05) is 0 Å². The molecule has 4 aromatic rings. The SMILES string of the molecule is CCCc1c[cH-]c2ccccc12.CCCc1c[cH-]c2ccccc12.C[Si](C)(Cl)Cl.[Zr+2]. The summed E-state index contributed by atoms with van der Waals surface area (Å²) in [5.74, 6) is 0. The van der Waals surface area contributed by atoms with Crippen LogP contribution >= 0.6 is 22.2 Å². The maximum Gasteiger partial charge on any atom is 2.00 e. The van der Waals surface area contributed by atoms with Crippen molar-refractivity contribution in [3.63, 3.8) is 0 Å². The average molecular weight is 535 g/mol. The largest absolute Gasteiger partial charge is 2.00 e. The van der Waals surface area contributed by atoms with Crippen LogP contribution in [0.25, 0.3) is 21.5 Å². The van der Waals surface area contributed by atoms with Gasteiger partial charge in [0.2, 0.25) is 6.69 Å². The summed E-state index contributed by atoms with van der Waals surface area (Å²) in [6.45, 7) is 6.50. The normalized spacial score (nSPS) is 10.6. The minimum Gasteiger partial charge on any atom is -0.153 e. The molecule has 30 heavy (non-hydrogen) atoms. The zero-order valence-corrected chi connectivity index (χ0v) is 23.5. The number of halogens is 2. The molecular formula is C26H32Cl2SiZr. The summed E-state index contributed by atoms with van der Waals surface area (Å²) in [6, 6.07) is 26.1. The summed E-state index contributed by atoms with van der Waals surface area (Å²) in [7, 11) is 0. The Bertz CT molecular complexity index is 913. The first-order valence-corrected chi connectivity index (χ1v) is 15.5. The summed E-state index contributed by atoms with van der Waals surface area (Å²) in [6.07, 6.45) is 4.86. The summed E-state index contributed by atoms with van der Waals surface area (Å²) < 4.78 is 0. The molecule has 4 rings (SSSR count). The van der Waals surface area contributed by atoms with E-state index in [9.17, 15) is 0 Å². The number of fused-ring (bicyclic) bond motifs is 2. The van der Waals surface area contributed by atoms with Gasteiger partial charge in [-0.25, -0.2) is 0 Å². The number of rotatable bonds is 4. The molecule has 0 saturated heterocycles.